The summed E-state index contributed by atoms with van der Waals surface area (Å²) in [6.45, 7) is 8.34. The highest BCUT2D eigenvalue weighted by atomic mass is 16.6. The van der Waals surface area contributed by atoms with Gasteiger partial charge in [-0.05, 0) is 46.5 Å². The summed E-state index contributed by atoms with van der Waals surface area (Å²) >= 11 is 0. The minimum Gasteiger partial charge on any atom is -0.465 e. The Morgan fingerprint density at radius 1 is 0.917 bits per heavy atom. The molecule has 1 aliphatic carbocycles. The van der Waals surface area contributed by atoms with Crippen molar-refractivity contribution in [3.63, 3.8) is 0 Å². The predicted octanol–water partition coefficient (Wildman–Crippen LogP) is 5.04. The lowest BCUT2D eigenvalue weighted by molar-refractivity contribution is -0.163. The molecule has 4 heteroatoms. The fourth-order valence-corrected chi connectivity index (χ4v) is 3.18. The molecule has 0 aliphatic heterocycles. The zero-order valence-corrected chi connectivity index (χ0v) is 16.1. The van der Waals surface area contributed by atoms with E-state index in [1.807, 2.05) is 20.8 Å². The zero-order chi connectivity index (χ0) is 18.0. The maximum atomic E-state index is 12.2. The highest BCUT2D eigenvalue weighted by Gasteiger charge is 2.34. The van der Waals surface area contributed by atoms with Gasteiger partial charge in [0.25, 0.3) is 0 Å². The number of carbonyl (C=O) groups is 2. The van der Waals surface area contributed by atoms with Crippen molar-refractivity contribution in [2.45, 2.75) is 97.5 Å². The Bertz CT molecular complexity index is 384. The summed E-state index contributed by atoms with van der Waals surface area (Å²) in [6, 6.07) is 0. The smallest absolute Gasteiger partial charge is 0.309 e. The predicted molar refractivity (Wildman–Crippen MR) is 95.6 cm³/mol. The number of esters is 2. The van der Waals surface area contributed by atoms with Crippen molar-refractivity contribution in [2.75, 3.05) is 6.61 Å². The molecule has 2 atom stereocenters. The first-order valence-corrected chi connectivity index (χ1v) is 9.73. The van der Waals surface area contributed by atoms with Crippen LogP contribution in [0.4, 0.5) is 0 Å². The normalized spacial score (nSPS) is 21.3. The quantitative estimate of drug-likeness (QED) is 0.436. The van der Waals surface area contributed by atoms with Gasteiger partial charge in [-0.3, -0.25) is 9.59 Å². The fourth-order valence-electron chi connectivity index (χ4n) is 3.18. The van der Waals surface area contributed by atoms with Gasteiger partial charge in [-0.25, -0.2) is 0 Å². The van der Waals surface area contributed by atoms with Crippen LogP contribution in [-0.2, 0) is 19.1 Å². The van der Waals surface area contributed by atoms with E-state index in [1.165, 1.54) is 25.7 Å². The van der Waals surface area contributed by atoms with Crippen LogP contribution in [0.2, 0.25) is 0 Å². The van der Waals surface area contributed by atoms with Crippen molar-refractivity contribution >= 4 is 11.9 Å². The second kappa shape index (κ2) is 10.7. The molecule has 2 unspecified atom stereocenters. The third kappa shape index (κ3) is 8.70. The molecule has 140 valence electrons. The number of ether oxygens (including phenoxy) is 2. The molecule has 1 fully saturated rings. The Morgan fingerprint density at radius 2 is 1.50 bits per heavy atom. The van der Waals surface area contributed by atoms with Gasteiger partial charge >= 0.3 is 11.9 Å². The van der Waals surface area contributed by atoms with Crippen LogP contribution in [0.5, 0.6) is 0 Å². The molecule has 1 aliphatic rings. The molecule has 0 aromatic heterocycles. The Kier molecular flexibility index (Phi) is 9.38. The van der Waals surface area contributed by atoms with Crippen LogP contribution in [-0.4, -0.2) is 24.1 Å². The first kappa shape index (κ1) is 21.0. The second-order valence-electron chi connectivity index (χ2n) is 8.03. The Morgan fingerprint density at radius 3 is 2.12 bits per heavy atom. The monoisotopic (exact) mass is 340 g/mol. The standard InChI is InChI=1S/C20H36O4/c1-5-6-7-8-9-10-14-23-18(21)16-12-11-13-17(15-16)19(22)24-20(2,3)4/h16-17H,5-15H2,1-4H3. The van der Waals surface area contributed by atoms with Gasteiger partial charge in [-0.2, -0.15) is 0 Å². The van der Waals surface area contributed by atoms with E-state index in [1.54, 1.807) is 0 Å². The van der Waals surface area contributed by atoms with Crippen molar-refractivity contribution in [1.29, 1.82) is 0 Å². The van der Waals surface area contributed by atoms with Crippen LogP contribution in [0.25, 0.3) is 0 Å². The van der Waals surface area contributed by atoms with Crippen LogP contribution < -0.4 is 0 Å². The van der Waals surface area contributed by atoms with Gasteiger partial charge in [0.1, 0.15) is 5.60 Å². The molecule has 1 rings (SSSR count). The minimum absolute atomic E-state index is 0.128. The number of rotatable bonds is 9. The Balaban J connectivity index is 2.26. The van der Waals surface area contributed by atoms with Gasteiger partial charge in [-0.1, -0.05) is 45.4 Å². The fraction of sp³-hybridized carbons (Fsp3) is 0.900. The first-order valence-electron chi connectivity index (χ1n) is 9.73. The molecule has 0 aromatic rings. The van der Waals surface area contributed by atoms with E-state index in [0.29, 0.717) is 13.0 Å². The maximum Gasteiger partial charge on any atom is 0.309 e. The summed E-state index contributed by atoms with van der Waals surface area (Å²) in [6.07, 6.45) is 10.2. The molecular formula is C20H36O4. The van der Waals surface area contributed by atoms with Gasteiger partial charge in [0.15, 0.2) is 0 Å². The molecule has 0 aromatic carbocycles. The van der Waals surface area contributed by atoms with Crippen LogP contribution >= 0.6 is 0 Å². The van der Waals surface area contributed by atoms with Crippen LogP contribution in [0.1, 0.15) is 91.9 Å². The number of unbranched alkanes of at least 4 members (excludes halogenated alkanes) is 5. The van der Waals surface area contributed by atoms with Crippen LogP contribution in [0.3, 0.4) is 0 Å². The summed E-state index contributed by atoms with van der Waals surface area (Å²) < 4.78 is 10.9. The average Bonchev–Trinajstić information content (AvgIpc) is 2.52. The molecule has 24 heavy (non-hydrogen) atoms. The summed E-state index contributed by atoms with van der Waals surface area (Å²) in [5.74, 6) is -0.603. The SMILES string of the molecule is CCCCCCCCOC(=O)C1CCCC(C(=O)OC(C)(C)C)C1. The van der Waals surface area contributed by atoms with Gasteiger partial charge in [0.05, 0.1) is 18.4 Å². The van der Waals surface area contributed by atoms with E-state index in [-0.39, 0.29) is 23.8 Å². The van der Waals surface area contributed by atoms with E-state index in [0.717, 1.165) is 32.1 Å². The second-order valence-corrected chi connectivity index (χ2v) is 8.03. The third-order valence-corrected chi connectivity index (χ3v) is 4.49. The molecular weight excluding hydrogens is 304 g/mol. The largest absolute Gasteiger partial charge is 0.465 e. The molecule has 0 bridgehead atoms. The van der Waals surface area contributed by atoms with E-state index in [2.05, 4.69) is 6.92 Å². The van der Waals surface area contributed by atoms with Crippen molar-refractivity contribution in [3.8, 4) is 0 Å². The van der Waals surface area contributed by atoms with Crippen molar-refractivity contribution < 1.29 is 19.1 Å². The average molecular weight is 341 g/mol. The van der Waals surface area contributed by atoms with Crippen molar-refractivity contribution in [2.24, 2.45) is 11.8 Å². The van der Waals surface area contributed by atoms with Gasteiger partial charge in [-0.15, -0.1) is 0 Å². The van der Waals surface area contributed by atoms with Crippen LogP contribution in [0, 0.1) is 11.8 Å². The Hall–Kier alpha value is -1.06. The van der Waals surface area contributed by atoms with Crippen molar-refractivity contribution in [1.82, 2.24) is 0 Å². The molecule has 0 saturated heterocycles. The van der Waals surface area contributed by atoms with Gasteiger partial charge < -0.3 is 9.47 Å². The number of carbonyl (C=O) groups excluding carboxylic acids is 2. The number of hydrogen-bond donors (Lipinski definition) is 0. The van der Waals surface area contributed by atoms with E-state index < -0.39 is 5.60 Å². The summed E-state index contributed by atoms with van der Waals surface area (Å²) in [5.41, 5.74) is -0.470. The van der Waals surface area contributed by atoms with E-state index >= 15 is 0 Å². The lowest BCUT2D eigenvalue weighted by Gasteiger charge is -2.29. The first-order chi connectivity index (χ1) is 11.3. The van der Waals surface area contributed by atoms with Crippen molar-refractivity contribution in [3.05, 3.63) is 0 Å². The molecule has 0 N–H and O–H groups in total. The number of hydrogen-bond acceptors (Lipinski definition) is 4. The molecule has 0 heterocycles. The van der Waals surface area contributed by atoms with Gasteiger partial charge in [0, 0.05) is 0 Å². The summed E-state index contributed by atoms with van der Waals surface area (Å²) in [5, 5.41) is 0. The molecule has 0 amide bonds. The topological polar surface area (TPSA) is 52.6 Å². The van der Waals surface area contributed by atoms with E-state index in [9.17, 15) is 9.59 Å². The Labute approximate surface area is 147 Å². The van der Waals surface area contributed by atoms with Crippen LogP contribution in [0.15, 0.2) is 0 Å². The maximum absolute atomic E-state index is 12.2. The molecule has 0 radical (unpaired) electrons. The lowest BCUT2D eigenvalue weighted by atomic mass is 9.81. The highest BCUT2D eigenvalue weighted by molar-refractivity contribution is 5.76. The highest BCUT2D eigenvalue weighted by Crippen LogP contribution is 2.31. The summed E-state index contributed by atoms with van der Waals surface area (Å²) in [4.78, 5) is 24.4. The molecule has 0 spiro atoms. The van der Waals surface area contributed by atoms with Gasteiger partial charge in [0.2, 0.25) is 0 Å². The zero-order valence-electron chi connectivity index (χ0n) is 16.1. The summed E-state index contributed by atoms with van der Waals surface area (Å²) in [7, 11) is 0. The third-order valence-electron chi connectivity index (χ3n) is 4.49. The minimum atomic E-state index is -0.470. The molecule has 4 nitrogen and oxygen atoms in total. The lowest BCUT2D eigenvalue weighted by Crippen LogP contribution is -2.33. The van der Waals surface area contributed by atoms with E-state index in [4.69, 9.17) is 9.47 Å². The molecule has 1 saturated carbocycles.